The van der Waals surface area contributed by atoms with Crippen molar-refractivity contribution in [2.75, 3.05) is 6.54 Å². The van der Waals surface area contributed by atoms with Gasteiger partial charge in [0.15, 0.2) is 23.1 Å². The minimum Gasteiger partial charge on any atom is -0.355 e. The third-order valence-electron chi connectivity index (χ3n) is 4.68. The second-order valence-electron chi connectivity index (χ2n) is 6.69. The van der Waals surface area contributed by atoms with Gasteiger partial charge in [0.25, 0.3) is 5.91 Å². The lowest BCUT2D eigenvalue weighted by molar-refractivity contribution is 0.0943. The van der Waals surface area contributed by atoms with E-state index in [-0.39, 0.29) is 11.5 Å². The standard InChI is InChI=1S/C21H18F2N4O2/c1-13-4-2-5-19-15(13)12-25-27(19)9-3-8-24-21(28)18-11-20(29-26-18)14-6-7-16(22)17(23)10-14/h2,4-7,10-12H,3,8-9H2,1H3,(H,24,28). The minimum absolute atomic E-state index is 0.0740. The van der Waals surface area contributed by atoms with Crippen molar-refractivity contribution in [2.45, 2.75) is 19.9 Å². The highest BCUT2D eigenvalue weighted by molar-refractivity contribution is 5.93. The van der Waals surface area contributed by atoms with E-state index in [1.54, 1.807) is 0 Å². The maximum Gasteiger partial charge on any atom is 0.273 e. The van der Waals surface area contributed by atoms with Gasteiger partial charge in [0, 0.05) is 30.1 Å². The molecule has 0 unspecified atom stereocenters. The minimum atomic E-state index is -0.994. The summed E-state index contributed by atoms with van der Waals surface area (Å²) in [6.07, 6.45) is 2.53. The molecule has 2 aromatic heterocycles. The number of aromatic nitrogens is 3. The van der Waals surface area contributed by atoms with Crippen LogP contribution in [0.1, 0.15) is 22.5 Å². The summed E-state index contributed by atoms with van der Waals surface area (Å²) in [5.74, 6) is -2.16. The first-order valence-electron chi connectivity index (χ1n) is 9.14. The van der Waals surface area contributed by atoms with E-state index in [1.165, 1.54) is 17.7 Å². The van der Waals surface area contributed by atoms with Crippen LogP contribution in [-0.2, 0) is 6.54 Å². The molecular formula is C21H18F2N4O2. The van der Waals surface area contributed by atoms with E-state index >= 15 is 0 Å². The molecule has 0 saturated carbocycles. The van der Waals surface area contributed by atoms with Gasteiger partial charge in [-0.05, 0) is 43.2 Å². The first-order valence-corrected chi connectivity index (χ1v) is 9.14. The van der Waals surface area contributed by atoms with Gasteiger partial charge in [-0.3, -0.25) is 9.48 Å². The Bertz CT molecular complexity index is 1180. The molecule has 0 aliphatic carbocycles. The number of nitrogens with zero attached hydrogens (tertiary/aromatic N) is 3. The molecule has 0 atom stereocenters. The summed E-state index contributed by atoms with van der Waals surface area (Å²) in [5.41, 5.74) is 2.61. The van der Waals surface area contributed by atoms with E-state index in [4.69, 9.17) is 4.52 Å². The monoisotopic (exact) mass is 396 g/mol. The molecule has 0 radical (unpaired) electrons. The number of hydrogen-bond donors (Lipinski definition) is 1. The summed E-state index contributed by atoms with van der Waals surface area (Å²) in [7, 11) is 0. The number of nitrogens with one attached hydrogen (secondary N) is 1. The van der Waals surface area contributed by atoms with Crippen LogP contribution >= 0.6 is 0 Å². The number of carbonyl (C=O) groups is 1. The highest BCUT2D eigenvalue weighted by atomic mass is 19.2. The quantitative estimate of drug-likeness (QED) is 0.498. The fourth-order valence-electron chi connectivity index (χ4n) is 3.11. The average molecular weight is 396 g/mol. The molecule has 148 valence electrons. The van der Waals surface area contributed by atoms with Gasteiger partial charge in [-0.2, -0.15) is 5.10 Å². The smallest absolute Gasteiger partial charge is 0.273 e. The number of rotatable bonds is 6. The zero-order valence-corrected chi connectivity index (χ0v) is 15.7. The summed E-state index contributed by atoms with van der Waals surface area (Å²) in [6, 6.07) is 10.8. The third-order valence-corrected chi connectivity index (χ3v) is 4.68. The van der Waals surface area contributed by atoms with Crippen molar-refractivity contribution in [1.29, 1.82) is 0 Å². The van der Waals surface area contributed by atoms with Gasteiger partial charge >= 0.3 is 0 Å². The number of halogens is 2. The molecule has 1 amide bonds. The van der Waals surface area contributed by atoms with Crippen LogP contribution in [0.5, 0.6) is 0 Å². The summed E-state index contributed by atoms with van der Waals surface area (Å²) in [4.78, 5) is 12.2. The first-order chi connectivity index (χ1) is 14.0. The van der Waals surface area contributed by atoms with Crippen LogP contribution in [0.25, 0.3) is 22.2 Å². The molecule has 1 N–H and O–H groups in total. The van der Waals surface area contributed by atoms with Crippen molar-refractivity contribution in [3.63, 3.8) is 0 Å². The second-order valence-corrected chi connectivity index (χ2v) is 6.69. The number of carbonyl (C=O) groups excluding carboxylic acids is 1. The van der Waals surface area contributed by atoms with E-state index in [2.05, 4.69) is 15.6 Å². The molecule has 4 rings (SSSR count). The topological polar surface area (TPSA) is 73.0 Å². The van der Waals surface area contributed by atoms with Crippen LogP contribution in [0, 0.1) is 18.6 Å². The van der Waals surface area contributed by atoms with Gasteiger partial charge in [0.1, 0.15) is 0 Å². The van der Waals surface area contributed by atoms with Gasteiger partial charge in [0.05, 0.1) is 11.7 Å². The predicted octanol–water partition coefficient (Wildman–Crippen LogP) is 4.10. The van der Waals surface area contributed by atoms with Crippen LogP contribution in [-0.4, -0.2) is 27.4 Å². The van der Waals surface area contributed by atoms with E-state index in [0.29, 0.717) is 25.1 Å². The molecule has 8 heteroatoms. The summed E-state index contributed by atoms with van der Waals surface area (Å²) >= 11 is 0. The Balaban J connectivity index is 1.33. The zero-order valence-electron chi connectivity index (χ0n) is 15.7. The van der Waals surface area contributed by atoms with E-state index in [1.807, 2.05) is 36.0 Å². The Hall–Kier alpha value is -3.55. The molecule has 0 spiro atoms. The molecule has 2 heterocycles. The molecule has 2 aromatic carbocycles. The normalized spacial score (nSPS) is 11.1. The summed E-state index contributed by atoms with van der Waals surface area (Å²) in [6.45, 7) is 3.13. The Morgan fingerprint density at radius 1 is 1.17 bits per heavy atom. The first kappa shape index (κ1) is 18.8. The van der Waals surface area contributed by atoms with Crippen molar-refractivity contribution < 1.29 is 18.1 Å². The maximum atomic E-state index is 13.3. The number of aryl methyl sites for hydroxylation is 2. The fraction of sp³-hybridized carbons (Fsp3) is 0.190. The predicted molar refractivity (Wildman–Crippen MR) is 103 cm³/mol. The van der Waals surface area contributed by atoms with Crippen molar-refractivity contribution >= 4 is 16.8 Å². The van der Waals surface area contributed by atoms with Crippen molar-refractivity contribution in [2.24, 2.45) is 0 Å². The van der Waals surface area contributed by atoms with Gasteiger partial charge < -0.3 is 9.84 Å². The molecule has 0 fully saturated rings. The number of benzene rings is 2. The Labute approximate surface area is 165 Å². The molecule has 0 aliphatic rings. The lowest BCUT2D eigenvalue weighted by Crippen LogP contribution is -2.25. The van der Waals surface area contributed by atoms with Crippen molar-refractivity contribution in [3.05, 3.63) is 71.6 Å². The number of fused-ring (bicyclic) bond motifs is 1. The summed E-state index contributed by atoms with van der Waals surface area (Å²) < 4.78 is 33.4. The molecular weight excluding hydrogens is 378 g/mol. The molecule has 0 saturated heterocycles. The van der Waals surface area contributed by atoms with Gasteiger partial charge in [-0.25, -0.2) is 8.78 Å². The highest BCUT2D eigenvalue weighted by Gasteiger charge is 2.15. The van der Waals surface area contributed by atoms with Crippen molar-refractivity contribution in [1.82, 2.24) is 20.3 Å². The lowest BCUT2D eigenvalue weighted by atomic mass is 10.1. The lowest BCUT2D eigenvalue weighted by Gasteiger charge is -2.05. The third kappa shape index (κ3) is 3.87. The van der Waals surface area contributed by atoms with Crippen molar-refractivity contribution in [3.8, 4) is 11.3 Å². The highest BCUT2D eigenvalue weighted by Crippen LogP contribution is 2.22. The average Bonchev–Trinajstić information content (AvgIpc) is 3.36. The molecule has 0 aliphatic heterocycles. The van der Waals surface area contributed by atoms with Crippen LogP contribution < -0.4 is 5.32 Å². The zero-order chi connectivity index (χ0) is 20.4. The Morgan fingerprint density at radius 3 is 2.86 bits per heavy atom. The molecule has 29 heavy (non-hydrogen) atoms. The van der Waals surface area contributed by atoms with Crippen LogP contribution in [0.3, 0.4) is 0 Å². The van der Waals surface area contributed by atoms with Crippen LogP contribution in [0.4, 0.5) is 8.78 Å². The van der Waals surface area contributed by atoms with E-state index < -0.39 is 17.5 Å². The Kier molecular flexibility index (Phi) is 5.07. The van der Waals surface area contributed by atoms with E-state index in [9.17, 15) is 13.6 Å². The molecule has 6 nitrogen and oxygen atoms in total. The second kappa shape index (κ2) is 7.83. The van der Waals surface area contributed by atoms with Gasteiger partial charge in [0.2, 0.25) is 0 Å². The maximum absolute atomic E-state index is 13.3. The molecule has 4 aromatic rings. The van der Waals surface area contributed by atoms with Crippen LogP contribution in [0.15, 0.2) is 53.2 Å². The van der Waals surface area contributed by atoms with Gasteiger partial charge in [-0.15, -0.1) is 0 Å². The van der Waals surface area contributed by atoms with E-state index in [0.717, 1.165) is 23.0 Å². The molecule has 0 bridgehead atoms. The number of hydrogen-bond acceptors (Lipinski definition) is 4. The fourth-order valence-corrected chi connectivity index (χ4v) is 3.11. The van der Waals surface area contributed by atoms with Crippen LogP contribution in [0.2, 0.25) is 0 Å². The summed E-state index contributed by atoms with van der Waals surface area (Å²) in [5, 5.41) is 12.0. The Morgan fingerprint density at radius 2 is 2.03 bits per heavy atom. The largest absolute Gasteiger partial charge is 0.355 e. The number of amides is 1. The SMILES string of the molecule is Cc1cccc2c1cnn2CCCNC(=O)c1cc(-c2ccc(F)c(F)c2)on1. The van der Waals surface area contributed by atoms with Gasteiger partial charge in [-0.1, -0.05) is 17.3 Å².